The van der Waals surface area contributed by atoms with E-state index in [-0.39, 0.29) is 1.43 Å². The Hall–Kier alpha value is -3.51. The Morgan fingerprint density at radius 3 is 2.30 bits per heavy atom. The average molecular weight is 374 g/mol. The normalized spacial score (nSPS) is 10.2. The van der Waals surface area contributed by atoms with Gasteiger partial charge in [-0.3, -0.25) is 0 Å². The fourth-order valence-electron chi connectivity index (χ4n) is 2.49. The number of hydrogen-bond donors (Lipinski definition) is 1. The molecule has 0 radical (unpaired) electrons. The third kappa shape index (κ3) is 4.19. The molecule has 3 aromatic heterocycles. The Kier molecular flexibility index (Phi) is 5.17. The van der Waals surface area contributed by atoms with Crippen molar-refractivity contribution in [3.8, 4) is 0 Å². The first-order valence-electron chi connectivity index (χ1n) is 8.35. The van der Waals surface area contributed by atoms with E-state index in [4.69, 9.17) is 4.42 Å². The van der Waals surface area contributed by atoms with E-state index in [1.54, 1.807) is 17.7 Å². The molecule has 3 aromatic carbocycles. The molecule has 0 saturated carbocycles. The second-order valence-electron chi connectivity index (χ2n) is 5.56. The smallest absolute Gasteiger partial charge is 0.181 e. The van der Waals surface area contributed by atoms with Gasteiger partial charge < -0.3 is 9.40 Å². The molecule has 134 valence electrons. The van der Waals surface area contributed by atoms with Crippen LogP contribution in [0.25, 0.3) is 32.3 Å². The predicted molar refractivity (Wildman–Crippen MR) is 112 cm³/mol. The van der Waals surface area contributed by atoms with Crippen LogP contribution in [0, 0.1) is 0 Å². The summed E-state index contributed by atoms with van der Waals surface area (Å²) in [7, 11) is 0. The van der Waals surface area contributed by atoms with Crippen LogP contribution >= 0.6 is 11.3 Å². The zero-order valence-electron chi connectivity index (χ0n) is 14.3. The van der Waals surface area contributed by atoms with E-state index in [2.05, 4.69) is 26.0 Å². The van der Waals surface area contributed by atoms with Crippen molar-refractivity contribution in [2.45, 2.75) is 0 Å². The third-order valence-corrected chi connectivity index (χ3v) is 4.61. The van der Waals surface area contributed by atoms with Crippen LogP contribution in [0.3, 0.4) is 0 Å². The van der Waals surface area contributed by atoms with Crippen molar-refractivity contribution >= 4 is 43.7 Å². The lowest BCUT2D eigenvalue weighted by molar-refractivity contribution is 0.602. The maximum Gasteiger partial charge on any atom is 0.181 e. The summed E-state index contributed by atoms with van der Waals surface area (Å²) in [5, 5.41) is 0. The average Bonchev–Trinajstić information content (AvgIpc) is 3.48. The minimum atomic E-state index is 0. The molecule has 6 heteroatoms. The van der Waals surface area contributed by atoms with Crippen LogP contribution in [0.15, 0.2) is 95.4 Å². The fraction of sp³-hybridized carbons (Fsp3) is 0. The minimum Gasteiger partial charge on any atom is -0.443 e. The van der Waals surface area contributed by atoms with Gasteiger partial charge in [-0.15, -0.1) is 11.3 Å². The molecular weight excluding hydrogens is 356 g/mol. The van der Waals surface area contributed by atoms with Gasteiger partial charge in [-0.25, -0.2) is 15.0 Å². The fourth-order valence-corrected chi connectivity index (χ4v) is 3.16. The first-order chi connectivity index (χ1) is 13.4. The molecule has 0 bridgehead atoms. The van der Waals surface area contributed by atoms with E-state index in [1.807, 2.05) is 72.2 Å². The quantitative estimate of drug-likeness (QED) is 0.358. The first kappa shape index (κ1) is 16.9. The second kappa shape index (κ2) is 8.25. The van der Waals surface area contributed by atoms with Gasteiger partial charge in [0.15, 0.2) is 12.0 Å². The highest BCUT2D eigenvalue weighted by Gasteiger charge is 1.91. The lowest BCUT2D eigenvalue weighted by Gasteiger charge is -1.81. The SMILES string of the molecule is [HH].c1ccc2[nH]cnc2c1.c1ccc2ocnc2c1.c1ccc2scnc2c1. The molecule has 0 aliphatic rings. The number of rotatable bonds is 0. The van der Waals surface area contributed by atoms with Gasteiger partial charge in [-0.1, -0.05) is 36.4 Å². The van der Waals surface area contributed by atoms with E-state index < -0.39 is 0 Å². The number of aromatic amines is 1. The Bertz CT molecular complexity index is 1010. The number of nitrogens with zero attached hydrogens (tertiary/aromatic N) is 3. The van der Waals surface area contributed by atoms with Gasteiger partial charge in [0.2, 0.25) is 0 Å². The highest BCUT2D eigenvalue weighted by molar-refractivity contribution is 7.16. The zero-order valence-corrected chi connectivity index (χ0v) is 15.1. The van der Waals surface area contributed by atoms with Crippen molar-refractivity contribution < 1.29 is 5.84 Å². The lowest BCUT2D eigenvalue weighted by atomic mass is 10.3. The summed E-state index contributed by atoms with van der Waals surface area (Å²) >= 11 is 1.68. The number of oxazole rings is 1. The predicted octanol–water partition coefficient (Wildman–Crippen LogP) is 5.93. The maximum atomic E-state index is 5.01. The molecule has 27 heavy (non-hydrogen) atoms. The second-order valence-corrected chi connectivity index (χ2v) is 6.45. The molecule has 0 amide bonds. The van der Waals surface area contributed by atoms with Crippen molar-refractivity contribution in [2.75, 3.05) is 0 Å². The van der Waals surface area contributed by atoms with Gasteiger partial charge in [0.25, 0.3) is 0 Å². The van der Waals surface area contributed by atoms with Crippen LogP contribution in [0.4, 0.5) is 0 Å². The van der Waals surface area contributed by atoms with Crippen molar-refractivity contribution in [2.24, 2.45) is 0 Å². The van der Waals surface area contributed by atoms with Crippen LogP contribution in [0.5, 0.6) is 0 Å². The monoisotopic (exact) mass is 374 g/mol. The number of fused-ring (bicyclic) bond motifs is 3. The van der Waals surface area contributed by atoms with E-state index in [9.17, 15) is 0 Å². The first-order valence-corrected chi connectivity index (χ1v) is 9.23. The van der Waals surface area contributed by atoms with Crippen LogP contribution < -0.4 is 0 Å². The largest absolute Gasteiger partial charge is 0.443 e. The minimum absolute atomic E-state index is 0. The van der Waals surface area contributed by atoms with Gasteiger partial charge in [-0.2, -0.15) is 0 Å². The number of benzene rings is 3. The molecular formula is C21H18N4OS. The van der Waals surface area contributed by atoms with Crippen molar-refractivity contribution in [1.82, 2.24) is 19.9 Å². The molecule has 3 heterocycles. The van der Waals surface area contributed by atoms with Crippen LogP contribution in [-0.4, -0.2) is 19.9 Å². The van der Waals surface area contributed by atoms with E-state index in [0.717, 1.165) is 27.6 Å². The highest BCUT2D eigenvalue weighted by atomic mass is 32.1. The number of aromatic nitrogens is 4. The van der Waals surface area contributed by atoms with Gasteiger partial charge in [0.05, 0.1) is 33.1 Å². The highest BCUT2D eigenvalue weighted by Crippen LogP contribution is 2.15. The van der Waals surface area contributed by atoms with E-state index in [1.165, 1.54) is 11.1 Å². The van der Waals surface area contributed by atoms with Crippen LogP contribution in [0.2, 0.25) is 0 Å². The topological polar surface area (TPSA) is 67.6 Å². The molecule has 0 atom stereocenters. The van der Waals surface area contributed by atoms with Gasteiger partial charge in [0, 0.05) is 1.43 Å². The van der Waals surface area contributed by atoms with Gasteiger partial charge in [0.1, 0.15) is 5.52 Å². The number of hydrogen-bond acceptors (Lipinski definition) is 5. The summed E-state index contributed by atoms with van der Waals surface area (Å²) in [5.41, 5.74) is 6.84. The van der Waals surface area contributed by atoms with Gasteiger partial charge in [-0.05, 0) is 36.4 Å². The maximum absolute atomic E-state index is 5.01. The number of thiazole rings is 1. The summed E-state index contributed by atoms with van der Waals surface area (Å²) in [6.45, 7) is 0. The number of imidazole rings is 1. The van der Waals surface area contributed by atoms with Crippen LogP contribution in [-0.2, 0) is 0 Å². The van der Waals surface area contributed by atoms with Crippen molar-refractivity contribution in [3.05, 3.63) is 91.0 Å². The van der Waals surface area contributed by atoms with Gasteiger partial charge >= 0.3 is 0 Å². The molecule has 6 rings (SSSR count). The molecule has 5 nitrogen and oxygen atoms in total. The molecule has 1 N–H and O–H groups in total. The molecule has 0 unspecified atom stereocenters. The molecule has 0 fully saturated rings. The Balaban J connectivity index is 0.000000118. The summed E-state index contributed by atoms with van der Waals surface area (Å²) in [4.78, 5) is 15.2. The zero-order chi connectivity index (χ0) is 18.3. The number of H-pyrrole nitrogens is 1. The summed E-state index contributed by atoms with van der Waals surface area (Å²) in [6, 6.07) is 23.7. The van der Waals surface area contributed by atoms with Crippen molar-refractivity contribution in [1.29, 1.82) is 0 Å². The Labute approximate surface area is 160 Å². The molecule has 0 aliphatic heterocycles. The molecule has 0 saturated heterocycles. The summed E-state index contributed by atoms with van der Waals surface area (Å²) in [5.74, 6) is 0. The number of para-hydroxylation sites is 5. The van der Waals surface area contributed by atoms with Crippen LogP contribution in [0.1, 0.15) is 1.43 Å². The molecule has 6 aromatic rings. The molecule has 0 spiro atoms. The Morgan fingerprint density at radius 1 is 0.741 bits per heavy atom. The number of nitrogens with one attached hydrogen (secondary N) is 1. The standard InChI is InChI=1S/C7H6N2.C7H5NO.C7H5NS.H2/c3*1-2-4-7-6(3-1)8-5-9-7;/h1-5H,(H,8,9);2*1-5H;1H. The summed E-state index contributed by atoms with van der Waals surface area (Å²) < 4.78 is 6.27. The van der Waals surface area contributed by atoms with E-state index >= 15 is 0 Å². The van der Waals surface area contributed by atoms with Crippen molar-refractivity contribution in [3.63, 3.8) is 0 Å². The van der Waals surface area contributed by atoms with E-state index in [0.29, 0.717) is 0 Å². The molecule has 0 aliphatic carbocycles. The summed E-state index contributed by atoms with van der Waals surface area (Å²) in [6.07, 6.45) is 3.15. The lowest BCUT2D eigenvalue weighted by Crippen LogP contribution is -1.63. The Morgan fingerprint density at radius 2 is 1.48 bits per heavy atom. The third-order valence-electron chi connectivity index (χ3n) is 3.80.